The van der Waals surface area contributed by atoms with Crippen molar-refractivity contribution in [1.29, 1.82) is 0 Å². The molecule has 0 spiro atoms. The van der Waals surface area contributed by atoms with Crippen molar-refractivity contribution in [3.63, 3.8) is 0 Å². The molecule has 5 rings (SSSR count). The molecular formula is C21H22ClFN6O2. The number of H-pyrrole nitrogens is 1. The SMILES string of the molecule is CC(C(=O)N1CCCC(Nc2nc(-c3c[nH]c4ncc(Cl)cc34)ncc2F)C1)[C@H]1CO1. The number of piperidine rings is 1. The molecular weight excluding hydrogens is 423 g/mol. The van der Waals surface area contributed by atoms with E-state index in [-0.39, 0.29) is 29.8 Å². The number of anilines is 1. The van der Waals surface area contributed by atoms with Crippen molar-refractivity contribution in [2.75, 3.05) is 25.0 Å². The number of ether oxygens (including phenoxy) is 1. The van der Waals surface area contributed by atoms with Crippen LogP contribution in [0.15, 0.2) is 24.7 Å². The van der Waals surface area contributed by atoms with E-state index in [1.54, 1.807) is 18.5 Å². The summed E-state index contributed by atoms with van der Waals surface area (Å²) in [6.45, 7) is 3.75. The first kappa shape index (κ1) is 20.1. The minimum atomic E-state index is -0.539. The second-order valence-electron chi connectivity index (χ2n) is 8.07. The molecule has 0 aromatic carbocycles. The number of hydrogen-bond acceptors (Lipinski definition) is 6. The number of aromatic nitrogens is 4. The van der Waals surface area contributed by atoms with Crippen LogP contribution in [0.5, 0.6) is 0 Å². The summed E-state index contributed by atoms with van der Waals surface area (Å²) in [6, 6.07) is 1.67. The van der Waals surface area contributed by atoms with Crippen LogP contribution >= 0.6 is 11.6 Å². The Balaban J connectivity index is 1.35. The van der Waals surface area contributed by atoms with Crippen molar-refractivity contribution in [1.82, 2.24) is 24.8 Å². The monoisotopic (exact) mass is 444 g/mol. The molecule has 0 aliphatic carbocycles. The van der Waals surface area contributed by atoms with Gasteiger partial charge >= 0.3 is 0 Å². The lowest BCUT2D eigenvalue weighted by Crippen LogP contribution is -2.47. The summed E-state index contributed by atoms with van der Waals surface area (Å²) < 4.78 is 19.8. The first-order chi connectivity index (χ1) is 15.0. The molecule has 3 atom stereocenters. The lowest BCUT2D eigenvalue weighted by molar-refractivity contribution is -0.136. The van der Waals surface area contributed by atoms with Crippen LogP contribution in [0, 0.1) is 11.7 Å². The van der Waals surface area contributed by atoms with Crippen molar-refractivity contribution in [3.8, 4) is 11.4 Å². The van der Waals surface area contributed by atoms with Crippen molar-refractivity contribution in [3.05, 3.63) is 35.5 Å². The smallest absolute Gasteiger partial charge is 0.228 e. The zero-order chi connectivity index (χ0) is 21.5. The Kier molecular flexibility index (Phi) is 5.23. The van der Waals surface area contributed by atoms with Gasteiger partial charge < -0.3 is 19.9 Å². The average Bonchev–Trinajstić information content (AvgIpc) is 3.54. The van der Waals surface area contributed by atoms with Gasteiger partial charge in [0.05, 0.1) is 29.8 Å². The van der Waals surface area contributed by atoms with Crippen molar-refractivity contribution in [2.45, 2.75) is 31.9 Å². The summed E-state index contributed by atoms with van der Waals surface area (Å²) in [5.74, 6) is -0.123. The molecule has 3 aromatic rings. The number of epoxide rings is 1. The van der Waals surface area contributed by atoms with Crippen molar-refractivity contribution in [2.24, 2.45) is 5.92 Å². The summed E-state index contributed by atoms with van der Waals surface area (Å²) in [7, 11) is 0. The molecule has 2 aliphatic heterocycles. The minimum Gasteiger partial charge on any atom is -0.372 e. The molecule has 5 heterocycles. The van der Waals surface area contributed by atoms with Gasteiger partial charge in [0.1, 0.15) is 5.65 Å². The number of halogens is 2. The maximum atomic E-state index is 14.5. The normalized spacial score (nSPS) is 21.8. The van der Waals surface area contributed by atoms with Gasteiger partial charge in [0.25, 0.3) is 0 Å². The van der Waals surface area contributed by atoms with Gasteiger partial charge in [-0.05, 0) is 18.9 Å². The number of fused-ring (bicyclic) bond motifs is 1. The fourth-order valence-corrected chi connectivity index (χ4v) is 4.20. The van der Waals surface area contributed by atoms with Gasteiger partial charge in [-0.1, -0.05) is 18.5 Å². The van der Waals surface area contributed by atoms with Crippen LogP contribution in [0.25, 0.3) is 22.4 Å². The number of amides is 1. The van der Waals surface area contributed by atoms with E-state index in [4.69, 9.17) is 16.3 Å². The Morgan fingerprint density at radius 2 is 2.26 bits per heavy atom. The topological polar surface area (TPSA) is 99.3 Å². The molecule has 2 N–H and O–H groups in total. The minimum absolute atomic E-state index is 0.0295. The van der Waals surface area contributed by atoms with Crippen LogP contribution in [0.3, 0.4) is 0 Å². The van der Waals surface area contributed by atoms with Gasteiger partial charge in [-0.3, -0.25) is 4.79 Å². The standard InChI is InChI=1S/C21H22ClFN6O2/c1-11(17-10-31-17)21(30)29-4-2-3-13(9-29)27-20-16(23)8-26-19(28-20)15-7-25-18-14(15)5-12(22)6-24-18/h5-8,11,13,17H,2-4,9-10H2,1H3,(H,24,25)(H,26,27,28)/t11?,13?,17-/m1/s1. The van der Waals surface area contributed by atoms with Crippen molar-refractivity contribution >= 4 is 34.4 Å². The highest BCUT2D eigenvalue weighted by molar-refractivity contribution is 6.31. The molecule has 2 unspecified atom stereocenters. The van der Waals surface area contributed by atoms with Gasteiger partial charge in [0.15, 0.2) is 17.5 Å². The number of nitrogens with zero attached hydrogens (tertiary/aromatic N) is 4. The zero-order valence-corrected chi connectivity index (χ0v) is 17.7. The maximum absolute atomic E-state index is 14.5. The number of rotatable bonds is 5. The maximum Gasteiger partial charge on any atom is 0.228 e. The lowest BCUT2D eigenvalue weighted by atomic mass is 10.0. The summed E-state index contributed by atoms with van der Waals surface area (Å²) in [4.78, 5) is 30.4. The molecule has 8 nitrogen and oxygen atoms in total. The first-order valence-electron chi connectivity index (χ1n) is 10.3. The number of nitrogens with one attached hydrogen (secondary N) is 2. The van der Waals surface area contributed by atoms with E-state index in [1.165, 1.54) is 0 Å². The molecule has 3 aromatic heterocycles. The van der Waals surface area contributed by atoms with Gasteiger partial charge in [0, 0.05) is 42.5 Å². The van der Waals surface area contributed by atoms with Crippen LogP contribution in [0.1, 0.15) is 19.8 Å². The third-order valence-corrected chi connectivity index (χ3v) is 6.07. The highest BCUT2D eigenvalue weighted by Gasteiger charge is 2.37. The summed E-state index contributed by atoms with van der Waals surface area (Å²) in [5, 5.41) is 4.43. The molecule has 0 saturated carbocycles. The number of carbonyl (C=O) groups excluding carboxylic acids is 1. The number of aromatic amines is 1. The predicted molar refractivity (Wildman–Crippen MR) is 114 cm³/mol. The highest BCUT2D eigenvalue weighted by Crippen LogP contribution is 2.29. The molecule has 2 aliphatic rings. The van der Waals surface area contributed by atoms with E-state index in [9.17, 15) is 9.18 Å². The first-order valence-corrected chi connectivity index (χ1v) is 10.7. The number of likely N-dealkylation sites (tertiary alicyclic amines) is 1. The van der Waals surface area contributed by atoms with Gasteiger partial charge in [-0.2, -0.15) is 0 Å². The molecule has 10 heteroatoms. The van der Waals surface area contributed by atoms with E-state index in [1.807, 2.05) is 11.8 Å². The number of carbonyl (C=O) groups is 1. The Hall–Kier alpha value is -2.78. The molecule has 162 valence electrons. The van der Waals surface area contributed by atoms with Gasteiger partial charge in [-0.25, -0.2) is 19.3 Å². The Bertz CT molecular complexity index is 1130. The fourth-order valence-electron chi connectivity index (χ4n) is 4.04. The van der Waals surface area contributed by atoms with Crippen LogP contribution < -0.4 is 5.32 Å². The van der Waals surface area contributed by atoms with E-state index in [2.05, 4.69) is 25.3 Å². The molecule has 1 amide bonds. The van der Waals surface area contributed by atoms with Crippen molar-refractivity contribution < 1.29 is 13.9 Å². The predicted octanol–water partition coefficient (Wildman–Crippen LogP) is 3.25. The Morgan fingerprint density at radius 1 is 1.42 bits per heavy atom. The van der Waals surface area contributed by atoms with Gasteiger partial charge in [-0.15, -0.1) is 0 Å². The average molecular weight is 445 g/mol. The summed E-state index contributed by atoms with van der Waals surface area (Å²) >= 11 is 6.08. The van der Waals surface area contributed by atoms with Crippen LogP contribution in [-0.4, -0.2) is 62.6 Å². The van der Waals surface area contributed by atoms with Gasteiger partial charge in [0.2, 0.25) is 5.91 Å². The molecule has 2 saturated heterocycles. The highest BCUT2D eigenvalue weighted by atomic mass is 35.5. The van der Waals surface area contributed by atoms with Crippen LogP contribution in [0.2, 0.25) is 5.02 Å². The van der Waals surface area contributed by atoms with E-state index in [0.717, 1.165) is 24.4 Å². The Morgan fingerprint density at radius 3 is 3.06 bits per heavy atom. The van der Waals surface area contributed by atoms with E-state index < -0.39 is 5.82 Å². The van der Waals surface area contributed by atoms with Crippen LogP contribution in [-0.2, 0) is 9.53 Å². The third kappa shape index (κ3) is 4.07. The zero-order valence-electron chi connectivity index (χ0n) is 16.9. The van der Waals surface area contributed by atoms with E-state index in [0.29, 0.717) is 41.8 Å². The molecule has 2 fully saturated rings. The number of pyridine rings is 1. The summed E-state index contributed by atoms with van der Waals surface area (Å²) in [6.07, 6.45) is 6.13. The summed E-state index contributed by atoms with van der Waals surface area (Å²) in [5.41, 5.74) is 1.34. The molecule has 0 bridgehead atoms. The number of hydrogen-bond donors (Lipinski definition) is 2. The third-order valence-electron chi connectivity index (χ3n) is 5.86. The quantitative estimate of drug-likeness (QED) is 0.586. The Labute approximate surface area is 183 Å². The largest absolute Gasteiger partial charge is 0.372 e. The molecule has 31 heavy (non-hydrogen) atoms. The lowest BCUT2D eigenvalue weighted by Gasteiger charge is -2.34. The second kappa shape index (κ2) is 8.05. The molecule has 0 radical (unpaired) electrons. The second-order valence-corrected chi connectivity index (χ2v) is 8.51. The van der Waals surface area contributed by atoms with E-state index >= 15 is 0 Å². The fraction of sp³-hybridized carbons (Fsp3) is 0.429. The van der Waals surface area contributed by atoms with Crippen LogP contribution in [0.4, 0.5) is 10.2 Å².